The number of benzene rings is 1. The van der Waals surface area contributed by atoms with Gasteiger partial charge in [-0.25, -0.2) is 0 Å². The van der Waals surface area contributed by atoms with Crippen molar-refractivity contribution in [3.05, 3.63) is 29.8 Å². The van der Waals surface area contributed by atoms with Crippen LogP contribution in [0.3, 0.4) is 0 Å². The van der Waals surface area contributed by atoms with Gasteiger partial charge < -0.3 is 15.0 Å². The Morgan fingerprint density at radius 3 is 2.89 bits per heavy atom. The molecule has 1 saturated heterocycles. The lowest BCUT2D eigenvalue weighted by atomic mass is 10.1. The summed E-state index contributed by atoms with van der Waals surface area (Å²) in [4.78, 5) is 2.50. The van der Waals surface area contributed by atoms with Crippen molar-refractivity contribution in [2.45, 2.75) is 51.5 Å². The lowest BCUT2D eigenvalue weighted by Gasteiger charge is -2.29. The SMILES string of the molecule is CC1CN(CC2CCC(C)O2)c2ccccc2CN1. The largest absolute Gasteiger partial charge is 0.373 e. The van der Waals surface area contributed by atoms with Crippen molar-refractivity contribution in [3.63, 3.8) is 0 Å². The van der Waals surface area contributed by atoms with Crippen molar-refractivity contribution in [1.29, 1.82) is 0 Å². The van der Waals surface area contributed by atoms with Crippen LogP contribution in [0.25, 0.3) is 0 Å². The summed E-state index contributed by atoms with van der Waals surface area (Å²) < 4.78 is 5.99. The average Bonchev–Trinajstić information content (AvgIpc) is 2.74. The van der Waals surface area contributed by atoms with Crippen LogP contribution in [0.15, 0.2) is 24.3 Å². The van der Waals surface area contributed by atoms with Crippen molar-refractivity contribution >= 4 is 5.69 Å². The highest BCUT2D eigenvalue weighted by atomic mass is 16.5. The highest BCUT2D eigenvalue weighted by molar-refractivity contribution is 5.54. The van der Waals surface area contributed by atoms with Crippen LogP contribution in [0.5, 0.6) is 0 Å². The van der Waals surface area contributed by atoms with Gasteiger partial charge in [0.1, 0.15) is 0 Å². The maximum absolute atomic E-state index is 5.99. The third-order valence-electron chi connectivity index (χ3n) is 4.21. The van der Waals surface area contributed by atoms with Gasteiger partial charge in [0.2, 0.25) is 0 Å². The molecular weight excluding hydrogens is 236 g/mol. The van der Waals surface area contributed by atoms with Gasteiger partial charge in [-0.1, -0.05) is 18.2 Å². The lowest BCUT2D eigenvalue weighted by Crippen LogP contribution is -2.40. The molecule has 0 aliphatic carbocycles. The zero-order valence-electron chi connectivity index (χ0n) is 11.9. The molecule has 19 heavy (non-hydrogen) atoms. The molecule has 3 rings (SSSR count). The Morgan fingerprint density at radius 2 is 2.11 bits per heavy atom. The Hall–Kier alpha value is -1.06. The maximum Gasteiger partial charge on any atom is 0.0754 e. The van der Waals surface area contributed by atoms with Gasteiger partial charge in [0.05, 0.1) is 12.2 Å². The van der Waals surface area contributed by atoms with Crippen LogP contribution < -0.4 is 10.2 Å². The van der Waals surface area contributed by atoms with E-state index in [1.807, 2.05) is 0 Å². The Balaban J connectivity index is 1.78. The fourth-order valence-corrected chi connectivity index (χ4v) is 3.18. The summed E-state index contributed by atoms with van der Waals surface area (Å²) in [7, 11) is 0. The predicted octanol–water partition coefficient (Wildman–Crippen LogP) is 2.55. The van der Waals surface area contributed by atoms with Crippen molar-refractivity contribution < 1.29 is 4.74 Å². The smallest absolute Gasteiger partial charge is 0.0754 e. The standard InChI is InChI=1S/C16H24N2O/c1-12-10-18(11-15-8-7-13(2)19-15)16-6-4-3-5-14(16)9-17-12/h3-6,12-13,15,17H,7-11H2,1-2H3. The van der Waals surface area contributed by atoms with E-state index in [1.54, 1.807) is 0 Å². The Bertz CT molecular complexity index is 435. The molecule has 2 heterocycles. The van der Waals surface area contributed by atoms with E-state index in [0.29, 0.717) is 18.2 Å². The fourth-order valence-electron chi connectivity index (χ4n) is 3.18. The van der Waals surface area contributed by atoms with E-state index in [2.05, 4.69) is 48.3 Å². The molecule has 1 aromatic rings. The molecule has 1 N–H and O–H groups in total. The highest BCUT2D eigenvalue weighted by Crippen LogP contribution is 2.26. The Labute approximate surface area is 115 Å². The molecule has 3 unspecified atom stereocenters. The minimum atomic E-state index is 0.397. The number of hydrogen-bond acceptors (Lipinski definition) is 3. The van der Waals surface area contributed by atoms with Gasteiger partial charge in [0.25, 0.3) is 0 Å². The molecule has 0 bridgehead atoms. The van der Waals surface area contributed by atoms with E-state index in [4.69, 9.17) is 4.74 Å². The second-order valence-corrected chi connectivity index (χ2v) is 5.96. The van der Waals surface area contributed by atoms with Crippen molar-refractivity contribution in [2.24, 2.45) is 0 Å². The maximum atomic E-state index is 5.99. The predicted molar refractivity (Wildman–Crippen MR) is 78.5 cm³/mol. The topological polar surface area (TPSA) is 24.5 Å². The van der Waals surface area contributed by atoms with Gasteiger partial charge in [-0.3, -0.25) is 0 Å². The summed E-state index contributed by atoms with van der Waals surface area (Å²) in [5.41, 5.74) is 2.78. The van der Waals surface area contributed by atoms with Crippen LogP contribution in [-0.2, 0) is 11.3 Å². The van der Waals surface area contributed by atoms with Gasteiger partial charge in [0, 0.05) is 31.4 Å². The van der Waals surface area contributed by atoms with Gasteiger partial charge in [-0.05, 0) is 38.3 Å². The first-order valence-corrected chi connectivity index (χ1v) is 7.44. The number of ether oxygens (including phenoxy) is 1. The van der Waals surface area contributed by atoms with E-state index >= 15 is 0 Å². The first-order chi connectivity index (χ1) is 9.22. The molecule has 1 aromatic carbocycles. The molecule has 0 spiro atoms. The molecule has 3 heteroatoms. The number of rotatable bonds is 2. The van der Waals surface area contributed by atoms with Crippen LogP contribution in [0, 0.1) is 0 Å². The minimum absolute atomic E-state index is 0.397. The zero-order chi connectivity index (χ0) is 13.2. The second kappa shape index (κ2) is 5.51. The van der Waals surface area contributed by atoms with Crippen molar-refractivity contribution in [2.75, 3.05) is 18.0 Å². The van der Waals surface area contributed by atoms with Crippen molar-refractivity contribution in [1.82, 2.24) is 5.32 Å². The molecule has 2 aliphatic rings. The first-order valence-electron chi connectivity index (χ1n) is 7.44. The number of hydrogen-bond donors (Lipinski definition) is 1. The van der Waals surface area contributed by atoms with Gasteiger partial charge in [-0.2, -0.15) is 0 Å². The summed E-state index contributed by atoms with van der Waals surface area (Å²) >= 11 is 0. The normalized spacial score (nSPS) is 31.1. The first kappa shape index (κ1) is 12.9. The van der Waals surface area contributed by atoms with Crippen LogP contribution in [0.1, 0.15) is 32.3 Å². The monoisotopic (exact) mass is 260 g/mol. The molecule has 0 aromatic heterocycles. The van der Waals surface area contributed by atoms with Crippen molar-refractivity contribution in [3.8, 4) is 0 Å². The van der Waals surface area contributed by atoms with E-state index < -0.39 is 0 Å². The molecule has 3 atom stereocenters. The molecule has 104 valence electrons. The Morgan fingerprint density at radius 1 is 1.26 bits per heavy atom. The molecule has 2 aliphatic heterocycles. The van der Waals surface area contributed by atoms with E-state index in [1.165, 1.54) is 24.1 Å². The van der Waals surface area contributed by atoms with Crippen LogP contribution in [-0.4, -0.2) is 31.3 Å². The number of nitrogens with one attached hydrogen (secondary N) is 1. The quantitative estimate of drug-likeness (QED) is 0.884. The number of nitrogens with zero attached hydrogens (tertiary/aromatic N) is 1. The molecule has 0 radical (unpaired) electrons. The van der Waals surface area contributed by atoms with Gasteiger partial charge in [-0.15, -0.1) is 0 Å². The summed E-state index contributed by atoms with van der Waals surface area (Å²) in [5.74, 6) is 0. The molecular formula is C16H24N2O. The van der Waals surface area contributed by atoms with E-state index in [0.717, 1.165) is 19.6 Å². The molecule has 0 amide bonds. The van der Waals surface area contributed by atoms with Gasteiger partial charge >= 0.3 is 0 Å². The minimum Gasteiger partial charge on any atom is -0.373 e. The number of fused-ring (bicyclic) bond motifs is 1. The van der Waals surface area contributed by atoms with Gasteiger partial charge in [0.15, 0.2) is 0 Å². The average molecular weight is 260 g/mol. The van der Waals surface area contributed by atoms with Crippen LogP contribution >= 0.6 is 0 Å². The molecule has 0 saturated carbocycles. The second-order valence-electron chi connectivity index (χ2n) is 5.96. The summed E-state index contributed by atoms with van der Waals surface area (Å²) in [6.07, 6.45) is 3.23. The summed E-state index contributed by atoms with van der Waals surface area (Å²) in [6, 6.07) is 9.26. The third-order valence-corrected chi connectivity index (χ3v) is 4.21. The number of anilines is 1. The van der Waals surface area contributed by atoms with Crippen LogP contribution in [0.4, 0.5) is 5.69 Å². The van der Waals surface area contributed by atoms with E-state index in [9.17, 15) is 0 Å². The fraction of sp³-hybridized carbons (Fsp3) is 0.625. The van der Waals surface area contributed by atoms with E-state index in [-0.39, 0.29) is 0 Å². The lowest BCUT2D eigenvalue weighted by molar-refractivity contribution is 0.0599. The zero-order valence-corrected chi connectivity index (χ0v) is 11.9. The third kappa shape index (κ3) is 2.93. The summed E-state index contributed by atoms with van der Waals surface area (Å²) in [6.45, 7) is 7.49. The highest BCUT2D eigenvalue weighted by Gasteiger charge is 2.26. The summed E-state index contributed by atoms with van der Waals surface area (Å²) in [5, 5.41) is 3.58. The number of para-hydroxylation sites is 1. The molecule has 1 fully saturated rings. The molecule has 3 nitrogen and oxygen atoms in total. The Kier molecular flexibility index (Phi) is 3.76. The van der Waals surface area contributed by atoms with Crippen LogP contribution in [0.2, 0.25) is 0 Å².